The van der Waals surface area contributed by atoms with Gasteiger partial charge in [-0.2, -0.15) is 5.26 Å². The number of hydrogen-bond donors (Lipinski definition) is 2. The van der Waals surface area contributed by atoms with Crippen LogP contribution in [0.2, 0.25) is 0 Å². The number of nitrogens with two attached hydrogens (primary N) is 1. The van der Waals surface area contributed by atoms with Crippen LogP contribution < -0.4 is 10.6 Å². The summed E-state index contributed by atoms with van der Waals surface area (Å²) >= 11 is 0. The number of aliphatic hydroxyl groups excluding tert-OH is 1. The fourth-order valence-electron chi connectivity index (χ4n) is 2.16. The molecule has 1 aromatic rings. The molecule has 2 unspecified atom stereocenters. The van der Waals surface area contributed by atoms with Gasteiger partial charge in [0.1, 0.15) is 6.07 Å². The molecule has 0 aliphatic carbocycles. The zero-order valence-corrected chi connectivity index (χ0v) is 10.3. The number of benzene rings is 1. The van der Waals surface area contributed by atoms with Crippen LogP contribution in [0.4, 0.5) is 11.4 Å². The Morgan fingerprint density at radius 3 is 3.06 bits per heavy atom. The van der Waals surface area contributed by atoms with Crippen LogP contribution >= 0.6 is 0 Å². The predicted octanol–water partition coefficient (Wildman–Crippen LogP) is 0.726. The van der Waals surface area contributed by atoms with E-state index in [0.29, 0.717) is 24.4 Å². The van der Waals surface area contributed by atoms with Gasteiger partial charge in [0.2, 0.25) is 0 Å². The lowest BCUT2D eigenvalue weighted by molar-refractivity contribution is -0.0102. The van der Waals surface area contributed by atoms with Crippen molar-refractivity contribution in [2.75, 3.05) is 30.4 Å². The number of para-hydroxylation sites is 1. The zero-order valence-electron chi connectivity index (χ0n) is 10.3. The van der Waals surface area contributed by atoms with Gasteiger partial charge >= 0.3 is 0 Å². The van der Waals surface area contributed by atoms with Crippen molar-refractivity contribution < 1.29 is 9.84 Å². The summed E-state index contributed by atoms with van der Waals surface area (Å²) in [5.41, 5.74) is 7.81. The van der Waals surface area contributed by atoms with Crippen molar-refractivity contribution in [3.05, 3.63) is 23.8 Å². The highest BCUT2D eigenvalue weighted by Crippen LogP contribution is 2.29. The molecule has 0 saturated carbocycles. The zero-order chi connectivity index (χ0) is 13.1. The van der Waals surface area contributed by atoms with E-state index in [1.807, 2.05) is 19.1 Å². The highest BCUT2D eigenvalue weighted by Gasteiger charge is 2.27. The summed E-state index contributed by atoms with van der Waals surface area (Å²) in [5, 5.41) is 18.2. The van der Waals surface area contributed by atoms with Gasteiger partial charge in [-0.25, -0.2) is 0 Å². The highest BCUT2D eigenvalue weighted by molar-refractivity contribution is 5.74. The number of morpholine rings is 1. The van der Waals surface area contributed by atoms with Crippen molar-refractivity contribution >= 4 is 11.4 Å². The Morgan fingerprint density at radius 2 is 2.39 bits per heavy atom. The Balaban J connectivity index is 2.32. The molecule has 5 heteroatoms. The Morgan fingerprint density at radius 1 is 1.61 bits per heavy atom. The molecule has 0 bridgehead atoms. The summed E-state index contributed by atoms with van der Waals surface area (Å²) < 4.78 is 5.49. The minimum atomic E-state index is -0.202. The topological polar surface area (TPSA) is 82.5 Å². The molecule has 0 amide bonds. The van der Waals surface area contributed by atoms with E-state index < -0.39 is 0 Å². The average Bonchev–Trinajstić information content (AvgIpc) is 2.40. The standard InChI is InChI=1S/C13H17N3O2/c1-9-8-18-11(7-17)6-16(9)12-4-2-3-10(5-14)13(12)15/h2-4,9,11,17H,6-8,15H2,1H3. The van der Waals surface area contributed by atoms with Gasteiger partial charge in [-0.1, -0.05) is 6.07 Å². The maximum Gasteiger partial charge on any atom is 0.101 e. The van der Waals surface area contributed by atoms with Gasteiger partial charge in [0.05, 0.1) is 36.3 Å². The first-order valence-electron chi connectivity index (χ1n) is 5.95. The molecule has 1 fully saturated rings. The van der Waals surface area contributed by atoms with Crippen molar-refractivity contribution in [3.8, 4) is 6.07 Å². The summed E-state index contributed by atoms with van der Waals surface area (Å²) in [4.78, 5) is 2.08. The fourth-order valence-corrected chi connectivity index (χ4v) is 2.16. The van der Waals surface area contributed by atoms with Gasteiger partial charge in [0.25, 0.3) is 0 Å². The fraction of sp³-hybridized carbons (Fsp3) is 0.462. The average molecular weight is 247 g/mol. The number of anilines is 2. The number of hydrogen-bond acceptors (Lipinski definition) is 5. The van der Waals surface area contributed by atoms with Crippen LogP contribution in [0.1, 0.15) is 12.5 Å². The van der Waals surface area contributed by atoms with Gasteiger partial charge < -0.3 is 20.5 Å². The Kier molecular flexibility index (Phi) is 3.70. The molecule has 1 aliphatic rings. The third-order valence-corrected chi connectivity index (χ3v) is 3.22. The molecule has 18 heavy (non-hydrogen) atoms. The van der Waals surface area contributed by atoms with E-state index in [2.05, 4.69) is 11.0 Å². The van der Waals surface area contributed by atoms with Crippen LogP contribution in [0.3, 0.4) is 0 Å². The third kappa shape index (κ3) is 2.26. The third-order valence-electron chi connectivity index (χ3n) is 3.22. The van der Waals surface area contributed by atoms with Gasteiger partial charge in [-0.15, -0.1) is 0 Å². The van der Waals surface area contributed by atoms with Crippen LogP contribution in [0.15, 0.2) is 18.2 Å². The molecule has 1 aromatic carbocycles. The second-order valence-corrected chi connectivity index (χ2v) is 4.49. The van der Waals surface area contributed by atoms with Gasteiger partial charge in [-0.05, 0) is 19.1 Å². The lowest BCUT2D eigenvalue weighted by Gasteiger charge is -2.39. The SMILES string of the molecule is CC1COC(CO)CN1c1cccc(C#N)c1N. The minimum absolute atomic E-state index is 0.0128. The molecule has 2 atom stereocenters. The number of nitriles is 1. The van der Waals surface area contributed by atoms with Crippen LogP contribution in [0.5, 0.6) is 0 Å². The molecule has 96 valence electrons. The van der Waals surface area contributed by atoms with Crippen molar-refractivity contribution in [2.24, 2.45) is 0 Å². The first kappa shape index (κ1) is 12.7. The van der Waals surface area contributed by atoms with Gasteiger partial charge in [0.15, 0.2) is 0 Å². The molecular weight excluding hydrogens is 230 g/mol. The van der Waals surface area contributed by atoms with Crippen molar-refractivity contribution in [1.29, 1.82) is 5.26 Å². The van der Waals surface area contributed by atoms with E-state index >= 15 is 0 Å². The molecule has 1 heterocycles. The number of nitrogen functional groups attached to an aromatic ring is 1. The predicted molar refractivity (Wildman–Crippen MR) is 69.2 cm³/mol. The monoisotopic (exact) mass is 247 g/mol. The van der Waals surface area contributed by atoms with E-state index in [1.165, 1.54) is 0 Å². The van der Waals surface area contributed by atoms with E-state index in [4.69, 9.17) is 15.7 Å². The molecule has 0 aromatic heterocycles. The molecule has 5 nitrogen and oxygen atoms in total. The van der Waals surface area contributed by atoms with Crippen LogP contribution in [-0.4, -0.2) is 37.0 Å². The van der Waals surface area contributed by atoms with Crippen molar-refractivity contribution in [3.63, 3.8) is 0 Å². The second kappa shape index (κ2) is 5.25. The summed E-state index contributed by atoms with van der Waals surface area (Å²) in [6.07, 6.45) is -0.202. The largest absolute Gasteiger partial charge is 0.396 e. The Hall–Kier alpha value is -1.77. The quantitative estimate of drug-likeness (QED) is 0.753. The first-order valence-corrected chi connectivity index (χ1v) is 5.95. The van der Waals surface area contributed by atoms with Crippen molar-refractivity contribution in [2.45, 2.75) is 19.1 Å². The molecule has 3 N–H and O–H groups in total. The number of ether oxygens (including phenoxy) is 1. The maximum absolute atomic E-state index is 9.18. The molecule has 1 saturated heterocycles. The highest BCUT2D eigenvalue weighted by atomic mass is 16.5. The van der Waals surface area contributed by atoms with E-state index in [-0.39, 0.29) is 18.8 Å². The summed E-state index contributed by atoms with van der Waals surface area (Å²) in [6.45, 7) is 3.14. The molecule has 2 rings (SSSR count). The molecular formula is C13H17N3O2. The number of aliphatic hydroxyl groups is 1. The lowest BCUT2D eigenvalue weighted by atomic mass is 10.1. The van der Waals surface area contributed by atoms with Gasteiger partial charge in [-0.3, -0.25) is 0 Å². The Bertz CT molecular complexity index is 470. The number of rotatable bonds is 2. The van der Waals surface area contributed by atoms with Crippen LogP contribution in [-0.2, 0) is 4.74 Å². The van der Waals surface area contributed by atoms with E-state index in [1.54, 1.807) is 6.07 Å². The minimum Gasteiger partial charge on any atom is -0.396 e. The summed E-state index contributed by atoms with van der Waals surface area (Å²) in [7, 11) is 0. The van der Waals surface area contributed by atoms with Crippen molar-refractivity contribution in [1.82, 2.24) is 0 Å². The maximum atomic E-state index is 9.18. The molecule has 0 spiro atoms. The summed E-state index contributed by atoms with van der Waals surface area (Å²) in [6, 6.07) is 7.67. The molecule has 1 aliphatic heterocycles. The van der Waals surface area contributed by atoms with E-state index in [9.17, 15) is 5.11 Å². The lowest BCUT2D eigenvalue weighted by Crippen LogP contribution is -2.49. The number of nitrogens with zero attached hydrogens (tertiary/aromatic N) is 2. The van der Waals surface area contributed by atoms with E-state index in [0.717, 1.165) is 5.69 Å². The van der Waals surface area contributed by atoms with Crippen LogP contribution in [0, 0.1) is 11.3 Å². The first-order chi connectivity index (χ1) is 8.67. The Labute approximate surface area is 106 Å². The van der Waals surface area contributed by atoms with Gasteiger partial charge in [0, 0.05) is 12.6 Å². The normalized spacial score (nSPS) is 23.7. The second-order valence-electron chi connectivity index (χ2n) is 4.49. The molecule has 0 radical (unpaired) electrons. The summed E-state index contributed by atoms with van der Waals surface area (Å²) in [5.74, 6) is 0. The smallest absolute Gasteiger partial charge is 0.101 e. The van der Waals surface area contributed by atoms with Crippen LogP contribution in [0.25, 0.3) is 0 Å².